The Morgan fingerprint density at radius 1 is 1.32 bits per heavy atom. The lowest BCUT2D eigenvalue weighted by molar-refractivity contribution is -0.136. The van der Waals surface area contributed by atoms with Crippen LogP contribution in [0, 0.1) is 6.92 Å². The van der Waals surface area contributed by atoms with Gasteiger partial charge in [-0.15, -0.1) is 0 Å². The molecule has 2 aromatic carbocycles. The summed E-state index contributed by atoms with van der Waals surface area (Å²) in [6.45, 7) is 9.00. The lowest BCUT2D eigenvalue weighted by Gasteiger charge is -2.30. The number of nitrogens with zero attached hydrogens (tertiary/aromatic N) is 1. The molecule has 28 heavy (non-hydrogen) atoms. The second-order valence-electron chi connectivity index (χ2n) is 6.69. The summed E-state index contributed by atoms with van der Waals surface area (Å²) in [7, 11) is 0. The van der Waals surface area contributed by atoms with E-state index in [1.807, 2.05) is 38.1 Å². The van der Waals surface area contributed by atoms with Gasteiger partial charge in [-0.2, -0.15) is 0 Å². The molecular formula is C22H27ClN2O2S. The van der Waals surface area contributed by atoms with E-state index in [2.05, 4.69) is 48.4 Å². The predicted octanol–water partition coefficient (Wildman–Crippen LogP) is 6.34. The van der Waals surface area contributed by atoms with Crippen LogP contribution in [-0.4, -0.2) is 17.6 Å². The number of halogens is 1. The van der Waals surface area contributed by atoms with Gasteiger partial charge >= 0.3 is 5.97 Å². The minimum absolute atomic E-state index is 0.0666. The van der Waals surface area contributed by atoms with E-state index >= 15 is 0 Å². The van der Waals surface area contributed by atoms with Crippen molar-refractivity contribution < 1.29 is 9.90 Å². The third-order valence-corrected chi connectivity index (χ3v) is 5.34. The number of carbonyl (C=O) groups is 1. The first-order valence-electron chi connectivity index (χ1n) is 9.28. The second kappa shape index (κ2) is 9.89. The lowest BCUT2D eigenvalue weighted by Crippen LogP contribution is -2.23. The van der Waals surface area contributed by atoms with Crippen LogP contribution in [0.4, 0.5) is 11.4 Å². The summed E-state index contributed by atoms with van der Waals surface area (Å²) < 4.78 is 2.99. The minimum atomic E-state index is -0.869. The summed E-state index contributed by atoms with van der Waals surface area (Å²) in [4.78, 5) is 13.8. The molecule has 0 aromatic heterocycles. The Hall–Kier alpha value is -2.11. The highest BCUT2D eigenvalue weighted by Crippen LogP contribution is 2.41. The normalized spacial score (nSPS) is 11.4. The second-order valence-corrected chi connectivity index (χ2v) is 7.35. The van der Waals surface area contributed by atoms with E-state index < -0.39 is 5.97 Å². The Bertz CT molecular complexity index is 879. The zero-order chi connectivity index (χ0) is 20.8. The van der Waals surface area contributed by atoms with Crippen molar-refractivity contribution in [2.45, 2.75) is 40.5 Å². The Labute approximate surface area is 177 Å². The molecule has 4 nitrogen and oxygen atoms in total. The van der Waals surface area contributed by atoms with Crippen LogP contribution in [0.25, 0.3) is 11.1 Å². The summed E-state index contributed by atoms with van der Waals surface area (Å²) in [5, 5.41) is 10.1. The van der Waals surface area contributed by atoms with Crippen molar-refractivity contribution in [2.75, 3.05) is 16.2 Å². The van der Waals surface area contributed by atoms with Crippen LogP contribution in [0.1, 0.15) is 38.3 Å². The molecular weight excluding hydrogens is 392 g/mol. The van der Waals surface area contributed by atoms with Crippen LogP contribution in [0.15, 0.2) is 42.1 Å². The highest BCUT2D eigenvalue weighted by atomic mass is 35.5. The molecule has 0 aliphatic carbocycles. The number of carboxylic acid groups (broad SMARTS) is 1. The molecule has 6 heteroatoms. The molecule has 0 fully saturated rings. The number of allylic oxidation sites excluding steroid dienone is 2. The fourth-order valence-corrected chi connectivity index (χ4v) is 3.74. The Balaban J connectivity index is 2.82. The van der Waals surface area contributed by atoms with Gasteiger partial charge in [0.2, 0.25) is 0 Å². The first kappa shape index (κ1) is 22.2. The van der Waals surface area contributed by atoms with Gasteiger partial charge in [0.25, 0.3) is 0 Å². The van der Waals surface area contributed by atoms with Crippen LogP contribution >= 0.6 is 24.4 Å². The highest BCUT2D eigenvalue weighted by molar-refractivity contribution is 7.81. The zero-order valence-electron chi connectivity index (χ0n) is 16.7. The first-order chi connectivity index (χ1) is 13.3. The molecule has 0 radical (unpaired) electrons. The fourth-order valence-electron chi connectivity index (χ4n) is 3.33. The van der Waals surface area contributed by atoms with Crippen molar-refractivity contribution in [1.82, 2.24) is 0 Å². The van der Waals surface area contributed by atoms with Gasteiger partial charge in [-0.3, -0.25) is 4.79 Å². The average Bonchev–Trinajstić information content (AvgIpc) is 2.67. The van der Waals surface area contributed by atoms with Gasteiger partial charge in [-0.05, 0) is 67.6 Å². The number of anilines is 2. The Morgan fingerprint density at radius 2 is 1.96 bits per heavy atom. The number of nitrogens with one attached hydrogen (secondary N) is 1. The van der Waals surface area contributed by atoms with E-state index in [1.165, 1.54) is 0 Å². The summed E-state index contributed by atoms with van der Waals surface area (Å²) in [6, 6.07) is 9.54. The summed E-state index contributed by atoms with van der Waals surface area (Å²) in [5.41, 5.74) is 6.40. The predicted molar refractivity (Wildman–Crippen MR) is 123 cm³/mol. The molecule has 150 valence electrons. The number of aliphatic carboxylic acids is 1. The molecule has 0 aliphatic heterocycles. The molecule has 0 unspecified atom stereocenters. The van der Waals surface area contributed by atoms with Gasteiger partial charge in [0, 0.05) is 17.3 Å². The third-order valence-electron chi connectivity index (χ3n) is 4.87. The number of benzene rings is 2. The molecule has 2 rings (SSSR count). The van der Waals surface area contributed by atoms with Gasteiger partial charge in [-0.25, -0.2) is 0 Å². The van der Waals surface area contributed by atoms with Crippen molar-refractivity contribution in [3.63, 3.8) is 0 Å². The Morgan fingerprint density at radius 3 is 2.46 bits per heavy atom. The number of rotatable bonds is 8. The van der Waals surface area contributed by atoms with E-state index in [4.69, 9.17) is 11.6 Å². The standard InChI is InChI=1S/C22H27ClN2O2S/c1-5-11-25(14(3)6-2)20-12-19(16-7-9-17(23)10-8-16)18(13-21(26)27)15(4)22(20)24-28/h6-10,12,24,28H,5,11,13H2,1-4H3,(H,26,27)/b14-6-. The molecule has 0 spiro atoms. The quantitative estimate of drug-likeness (QED) is 0.438. The van der Waals surface area contributed by atoms with Crippen molar-refractivity contribution in [2.24, 2.45) is 0 Å². The van der Waals surface area contributed by atoms with Crippen molar-refractivity contribution in [1.29, 1.82) is 0 Å². The largest absolute Gasteiger partial charge is 0.481 e. The highest BCUT2D eigenvalue weighted by Gasteiger charge is 2.21. The van der Waals surface area contributed by atoms with Crippen LogP contribution in [0.3, 0.4) is 0 Å². The molecule has 2 aromatic rings. The van der Waals surface area contributed by atoms with Crippen LogP contribution < -0.4 is 9.62 Å². The van der Waals surface area contributed by atoms with Gasteiger partial charge in [-0.1, -0.05) is 49.5 Å². The molecule has 0 saturated carbocycles. The van der Waals surface area contributed by atoms with E-state index in [0.717, 1.165) is 52.3 Å². The molecule has 0 heterocycles. The lowest BCUT2D eigenvalue weighted by atomic mass is 9.91. The molecule has 0 atom stereocenters. The smallest absolute Gasteiger partial charge is 0.307 e. The van der Waals surface area contributed by atoms with Crippen LogP contribution in [0.5, 0.6) is 0 Å². The molecule has 0 aliphatic rings. The van der Waals surface area contributed by atoms with E-state index in [0.29, 0.717) is 5.02 Å². The molecule has 0 saturated heterocycles. The topological polar surface area (TPSA) is 52.6 Å². The number of thiol groups is 1. The maximum Gasteiger partial charge on any atom is 0.307 e. The first-order valence-corrected chi connectivity index (χ1v) is 10.1. The van der Waals surface area contributed by atoms with E-state index in [1.54, 1.807) is 0 Å². The summed E-state index contributed by atoms with van der Waals surface area (Å²) in [6.07, 6.45) is 2.98. The molecule has 0 bridgehead atoms. The SMILES string of the molecule is C/C=C(/C)N(CCC)c1cc(-c2ccc(Cl)cc2)c(CC(=O)O)c(C)c1NS. The number of carboxylic acids is 1. The van der Waals surface area contributed by atoms with Gasteiger partial charge < -0.3 is 14.7 Å². The van der Waals surface area contributed by atoms with E-state index in [9.17, 15) is 9.90 Å². The number of hydrogen-bond acceptors (Lipinski definition) is 4. The van der Waals surface area contributed by atoms with Crippen molar-refractivity contribution in [3.05, 3.63) is 58.3 Å². The minimum Gasteiger partial charge on any atom is -0.481 e. The molecule has 0 amide bonds. The molecule has 2 N–H and O–H groups in total. The zero-order valence-corrected chi connectivity index (χ0v) is 18.4. The van der Waals surface area contributed by atoms with Crippen LogP contribution in [0.2, 0.25) is 5.02 Å². The van der Waals surface area contributed by atoms with Gasteiger partial charge in [0.05, 0.1) is 17.8 Å². The average molecular weight is 419 g/mol. The summed E-state index contributed by atoms with van der Waals surface area (Å²) in [5.74, 6) is -0.869. The maximum absolute atomic E-state index is 11.6. The third kappa shape index (κ3) is 4.83. The number of hydrogen-bond donors (Lipinski definition) is 3. The fraction of sp³-hybridized carbons (Fsp3) is 0.318. The van der Waals surface area contributed by atoms with Gasteiger partial charge in [0.1, 0.15) is 0 Å². The van der Waals surface area contributed by atoms with Crippen molar-refractivity contribution >= 4 is 41.8 Å². The van der Waals surface area contributed by atoms with Crippen LogP contribution in [-0.2, 0) is 11.2 Å². The maximum atomic E-state index is 11.6. The van der Waals surface area contributed by atoms with Gasteiger partial charge in [0.15, 0.2) is 0 Å². The summed E-state index contributed by atoms with van der Waals surface area (Å²) >= 11 is 10.4. The Kier molecular flexibility index (Phi) is 7.84. The van der Waals surface area contributed by atoms with E-state index in [-0.39, 0.29) is 6.42 Å². The van der Waals surface area contributed by atoms with Crippen molar-refractivity contribution in [3.8, 4) is 11.1 Å². The monoisotopic (exact) mass is 418 g/mol.